The highest BCUT2D eigenvalue weighted by molar-refractivity contribution is 5.41. The van der Waals surface area contributed by atoms with E-state index in [-0.39, 0.29) is 11.5 Å². The molecule has 0 spiro atoms. The van der Waals surface area contributed by atoms with Crippen LogP contribution in [0.3, 0.4) is 0 Å². The summed E-state index contributed by atoms with van der Waals surface area (Å²) in [5, 5.41) is 3.59. The molecule has 1 aliphatic heterocycles. The molecule has 100 valence electrons. The quantitative estimate of drug-likeness (QED) is 0.857. The van der Waals surface area contributed by atoms with Crippen LogP contribution in [0, 0.1) is 12.3 Å². The van der Waals surface area contributed by atoms with Gasteiger partial charge in [0.05, 0.1) is 0 Å². The van der Waals surface area contributed by atoms with Crippen molar-refractivity contribution >= 4 is 0 Å². The zero-order valence-corrected chi connectivity index (χ0v) is 12.2. The Labute approximate surface area is 111 Å². The van der Waals surface area contributed by atoms with Gasteiger partial charge in [0.1, 0.15) is 11.9 Å². The van der Waals surface area contributed by atoms with E-state index in [1.165, 1.54) is 11.1 Å². The average Bonchev–Trinajstić information content (AvgIpc) is 2.28. The number of hydrogen-bond acceptors (Lipinski definition) is 2. The summed E-state index contributed by atoms with van der Waals surface area (Å²) in [5.74, 6) is 1.05. The Morgan fingerprint density at radius 3 is 2.67 bits per heavy atom. The predicted molar refractivity (Wildman–Crippen MR) is 76.1 cm³/mol. The normalized spacial score (nSPS) is 23.4. The van der Waals surface area contributed by atoms with Crippen molar-refractivity contribution in [3.05, 3.63) is 29.3 Å². The van der Waals surface area contributed by atoms with E-state index in [0.717, 1.165) is 18.7 Å². The second-order valence-electron chi connectivity index (χ2n) is 6.36. The summed E-state index contributed by atoms with van der Waals surface area (Å²) in [4.78, 5) is 0. The summed E-state index contributed by atoms with van der Waals surface area (Å²) in [6, 6.07) is 6.92. The predicted octanol–water partition coefficient (Wildman–Crippen LogP) is 3.84. The molecule has 0 fully saturated rings. The summed E-state index contributed by atoms with van der Waals surface area (Å²) in [7, 11) is 0. The number of fused-ring (bicyclic) bond motifs is 1. The van der Waals surface area contributed by atoms with Crippen molar-refractivity contribution in [1.82, 2.24) is 5.32 Å². The molecule has 2 heteroatoms. The molecular weight excluding hydrogens is 222 g/mol. The Hall–Kier alpha value is -1.02. The Morgan fingerprint density at radius 1 is 1.33 bits per heavy atom. The minimum Gasteiger partial charge on any atom is -0.489 e. The zero-order valence-electron chi connectivity index (χ0n) is 12.2. The van der Waals surface area contributed by atoms with Crippen LogP contribution in [0.15, 0.2) is 18.2 Å². The Morgan fingerprint density at radius 2 is 2.06 bits per heavy atom. The van der Waals surface area contributed by atoms with Crippen molar-refractivity contribution in [1.29, 1.82) is 0 Å². The van der Waals surface area contributed by atoms with Crippen LogP contribution in [0.25, 0.3) is 0 Å². The van der Waals surface area contributed by atoms with Crippen LogP contribution in [0.2, 0.25) is 0 Å². The Bertz CT molecular complexity index is 420. The van der Waals surface area contributed by atoms with E-state index >= 15 is 0 Å². The molecular formula is C16H25NO. The van der Waals surface area contributed by atoms with Gasteiger partial charge >= 0.3 is 0 Å². The van der Waals surface area contributed by atoms with E-state index in [0.29, 0.717) is 6.04 Å². The van der Waals surface area contributed by atoms with Crippen LogP contribution in [-0.2, 0) is 0 Å². The van der Waals surface area contributed by atoms with Crippen molar-refractivity contribution in [2.75, 3.05) is 6.54 Å². The van der Waals surface area contributed by atoms with E-state index in [1.807, 2.05) is 0 Å². The molecule has 0 bridgehead atoms. The van der Waals surface area contributed by atoms with Gasteiger partial charge < -0.3 is 10.1 Å². The van der Waals surface area contributed by atoms with Crippen LogP contribution in [0.4, 0.5) is 0 Å². The lowest BCUT2D eigenvalue weighted by atomic mass is 9.81. The maximum absolute atomic E-state index is 6.19. The van der Waals surface area contributed by atoms with Gasteiger partial charge in [-0.1, -0.05) is 45.4 Å². The molecule has 2 atom stereocenters. The van der Waals surface area contributed by atoms with Crippen molar-refractivity contribution in [2.24, 2.45) is 5.41 Å². The summed E-state index contributed by atoms with van der Waals surface area (Å²) >= 11 is 0. The Kier molecular flexibility index (Phi) is 3.67. The fraction of sp³-hybridized carbons (Fsp3) is 0.625. The standard InChI is InChI=1S/C16H25NO/c1-6-17-13-10-15(16(3,4)5)18-14-8-7-11(2)9-12(13)14/h7-9,13,15,17H,6,10H2,1-5H3. The lowest BCUT2D eigenvalue weighted by Gasteiger charge is -2.39. The van der Waals surface area contributed by atoms with E-state index in [2.05, 4.69) is 58.1 Å². The smallest absolute Gasteiger partial charge is 0.124 e. The molecule has 0 aromatic heterocycles. The fourth-order valence-electron chi connectivity index (χ4n) is 2.56. The van der Waals surface area contributed by atoms with Gasteiger partial charge in [0.25, 0.3) is 0 Å². The first-order chi connectivity index (χ1) is 8.41. The van der Waals surface area contributed by atoms with E-state index < -0.39 is 0 Å². The average molecular weight is 247 g/mol. The molecule has 18 heavy (non-hydrogen) atoms. The van der Waals surface area contributed by atoms with Gasteiger partial charge in [0, 0.05) is 18.0 Å². The summed E-state index contributed by atoms with van der Waals surface area (Å²) in [5.41, 5.74) is 2.79. The summed E-state index contributed by atoms with van der Waals surface area (Å²) in [6.07, 6.45) is 1.32. The largest absolute Gasteiger partial charge is 0.489 e. The molecule has 1 aromatic carbocycles. The monoisotopic (exact) mass is 247 g/mol. The fourth-order valence-corrected chi connectivity index (χ4v) is 2.56. The first kappa shape index (κ1) is 13.4. The second-order valence-corrected chi connectivity index (χ2v) is 6.36. The summed E-state index contributed by atoms with van der Waals surface area (Å²) < 4.78 is 6.19. The van der Waals surface area contributed by atoms with Crippen molar-refractivity contribution in [2.45, 2.75) is 53.2 Å². The third-order valence-corrected chi connectivity index (χ3v) is 3.68. The number of nitrogens with one attached hydrogen (secondary N) is 1. The number of aryl methyl sites for hydroxylation is 1. The molecule has 1 aromatic rings. The van der Waals surface area contributed by atoms with Gasteiger partial charge in [-0.2, -0.15) is 0 Å². The Balaban J connectivity index is 2.34. The number of ether oxygens (including phenoxy) is 1. The lowest BCUT2D eigenvalue weighted by molar-refractivity contribution is 0.0531. The first-order valence-corrected chi connectivity index (χ1v) is 6.92. The molecule has 0 saturated heterocycles. The molecule has 2 rings (SSSR count). The highest BCUT2D eigenvalue weighted by atomic mass is 16.5. The van der Waals surface area contributed by atoms with E-state index in [4.69, 9.17) is 4.74 Å². The minimum atomic E-state index is 0.177. The van der Waals surface area contributed by atoms with Gasteiger partial charge in [0.2, 0.25) is 0 Å². The third-order valence-electron chi connectivity index (χ3n) is 3.68. The number of benzene rings is 1. The second kappa shape index (κ2) is 4.93. The lowest BCUT2D eigenvalue weighted by Crippen LogP contribution is -2.40. The number of rotatable bonds is 2. The van der Waals surface area contributed by atoms with Gasteiger partial charge in [-0.05, 0) is 24.9 Å². The first-order valence-electron chi connectivity index (χ1n) is 6.92. The molecule has 0 aliphatic carbocycles. The summed E-state index contributed by atoms with van der Waals surface area (Å²) in [6.45, 7) is 12.0. The highest BCUT2D eigenvalue weighted by Gasteiger charge is 2.35. The van der Waals surface area contributed by atoms with Gasteiger partial charge in [-0.15, -0.1) is 0 Å². The van der Waals surface area contributed by atoms with Crippen LogP contribution in [0.1, 0.15) is 51.3 Å². The number of hydrogen-bond donors (Lipinski definition) is 1. The molecule has 0 radical (unpaired) electrons. The van der Waals surface area contributed by atoms with E-state index in [9.17, 15) is 0 Å². The molecule has 0 saturated carbocycles. The third kappa shape index (κ3) is 2.69. The maximum Gasteiger partial charge on any atom is 0.124 e. The van der Waals surface area contributed by atoms with Gasteiger partial charge in [-0.25, -0.2) is 0 Å². The van der Waals surface area contributed by atoms with Crippen molar-refractivity contribution in [3.8, 4) is 5.75 Å². The van der Waals surface area contributed by atoms with Crippen molar-refractivity contribution in [3.63, 3.8) is 0 Å². The van der Waals surface area contributed by atoms with Gasteiger partial charge in [-0.3, -0.25) is 0 Å². The minimum absolute atomic E-state index is 0.177. The van der Waals surface area contributed by atoms with Crippen LogP contribution in [-0.4, -0.2) is 12.6 Å². The van der Waals surface area contributed by atoms with Crippen LogP contribution >= 0.6 is 0 Å². The highest BCUT2D eigenvalue weighted by Crippen LogP contribution is 2.40. The molecule has 0 amide bonds. The maximum atomic E-state index is 6.19. The molecule has 2 unspecified atom stereocenters. The SMILES string of the molecule is CCNC1CC(C(C)(C)C)Oc2ccc(C)cc21. The molecule has 1 aliphatic rings. The zero-order chi connectivity index (χ0) is 13.3. The van der Waals surface area contributed by atoms with Gasteiger partial charge in [0.15, 0.2) is 0 Å². The van der Waals surface area contributed by atoms with Crippen LogP contribution in [0.5, 0.6) is 5.75 Å². The molecule has 1 N–H and O–H groups in total. The molecule has 2 nitrogen and oxygen atoms in total. The topological polar surface area (TPSA) is 21.3 Å². The van der Waals surface area contributed by atoms with Crippen LogP contribution < -0.4 is 10.1 Å². The molecule has 1 heterocycles. The van der Waals surface area contributed by atoms with E-state index in [1.54, 1.807) is 0 Å². The van der Waals surface area contributed by atoms with Crippen molar-refractivity contribution < 1.29 is 4.74 Å².